The van der Waals surface area contributed by atoms with Gasteiger partial charge in [-0.15, -0.1) is 0 Å². The Bertz CT molecular complexity index is 868. The number of methoxy groups -OCH3 is 1. The van der Waals surface area contributed by atoms with Gasteiger partial charge in [-0.2, -0.15) is 0 Å². The van der Waals surface area contributed by atoms with E-state index in [1.54, 1.807) is 7.11 Å². The molecule has 4 rings (SSSR count). The van der Waals surface area contributed by atoms with Crippen molar-refractivity contribution in [3.8, 4) is 22.6 Å². The number of anilines is 1. The SMILES string of the molecule is CCOc1cccc(-c2ccc3c4c2COC4=CC(C)(C)N3)c1OC. The van der Waals surface area contributed by atoms with Gasteiger partial charge in [0.2, 0.25) is 0 Å². The van der Waals surface area contributed by atoms with Gasteiger partial charge in [-0.3, -0.25) is 0 Å². The number of hydrogen-bond acceptors (Lipinski definition) is 4. The lowest BCUT2D eigenvalue weighted by atomic mass is 9.89. The third-order valence-electron chi connectivity index (χ3n) is 4.65. The maximum Gasteiger partial charge on any atom is 0.168 e. The Kier molecular flexibility index (Phi) is 3.64. The zero-order valence-electron chi connectivity index (χ0n) is 15.1. The molecule has 0 radical (unpaired) electrons. The zero-order chi connectivity index (χ0) is 17.6. The van der Waals surface area contributed by atoms with Crippen LogP contribution in [0.25, 0.3) is 16.9 Å². The summed E-state index contributed by atoms with van der Waals surface area (Å²) in [5, 5.41) is 3.57. The fraction of sp³-hybridized carbons (Fsp3) is 0.333. The first-order valence-electron chi connectivity index (χ1n) is 8.64. The van der Waals surface area contributed by atoms with E-state index in [4.69, 9.17) is 14.2 Å². The number of nitrogens with one attached hydrogen (secondary N) is 1. The first-order chi connectivity index (χ1) is 12.0. The molecular weight excluding hydrogens is 314 g/mol. The van der Waals surface area contributed by atoms with Crippen molar-refractivity contribution >= 4 is 11.4 Å². The lowest BCUT2D eigenvalue weighted by molar-refractivity contribution is 0.283. The van der Waals surface area contributed by atoms with Crippen LogP contribution in [0.3, 0.4) is 0 Å². The summed E-state index contributed by atoms with van der Waals surface area (Å²) in [5.41, 5.74) is 5.53. The maximum atomic E-state index is 6.00. The molecule has 0 aliphatic carbocycles. The van der Waals surface area contributed by atoms with Crippen molar-refractivity contribution in [2.75, 3.05) is 19.0 Å². The largest absolute Gasteiger partial charge is 0.492 e. The fourth-order valence-electron chi connectivity index (χ4n) is 3.69. The van der Waals surface area contributed by atoms with Crippen molar-refractivity contribution in [1.82, 2.24) is 0 Å². The van der Waals surface area contributed by atoms with Crippen molar-refractivity contribution in [3.05, 3.63) is 47.5 Å². The average Bonchev–Trinajstić information content (AvgIpc) is 2.99. The Balaban J connectivity index is 1.89. The smallest absolute Gasteiger partial charge is 0.168 e. The minimum Gasteiger partial charge on any atom is -0.492 e. The van der Waals surface area contributed by atoms with Crippen LogP contribution in [0.15, 0.2) is 36.4 Å². The lowest BCUT2D eigenvalue weighted by Gasteiger charge is -2.30. The predicted molar refractivity (Wildman–Crippen MR) is 100 cm³/mol. The first kappa shape index (κ1) is 15.9. The average molecular weight is 337 g/mol. The highest BCUT2D eigenvalue weighted by Gasteiger charge is 2.33. The molecule has 2 aromatic carbocycles. The monoisotopic (exact) mass is 337 g/mol. The van der Waals surface area contributed by atoms with Gasteiger partial charge < -0.3 is 19.5 Å². The highest BCUT2D eigenvalue weighted by Crippen LogP contribution is 2.48. The summed E-state index contributed by atoms with van der Waals surface area (Å²) >= 11 is 0. The molecular formula is C21H23NO3. The van der Waals surface area contributed by atoms with Gasteiger partial charge in [-0.25, -0.2) is 0 Å². The number of para-hydroxylation sites is 1. The van der Waals surface area contributed by atoms with Crippen LogP contribution in [0, 0.1) is 0 Å². The first-order valence-corrected chi connectivity index (χ1v) is 8.64. The Labute approximate surface area is 148 Å². The number of ether oxygens (including phenoxy) is 3. The van der Waals surface area contributed by atoms with Gasteiger partial charge in [0, 0.05) is 22.4 Å². The van der Waals surface area contributed by atoms with Crippen molar-refractivity contribution < 1.29 is 14.2 Å². The van der Waals surface area contributed by atoms with Gasteiger partial charge in [-0.1, -0.05) is 18.2 Å². The van der Waals surface area contributed by atoms with E-state index in [0.29, 0.717) is 13.2 Å². The summed E-state index contributed by atoms with van der Waals surface area (Å²) in [6.07, 6.45) is 2.16. The van der Waals surface area contributed by atoms with E-state index in [0.717, 1.165) is 34.1 Å². The maximum absolute atomic E-state index is 6.00. The van der Waals surface area contributed by atoms with E-state index in [-0.39, 0.29) is 5.54 Å². The van der Waals surface area contributed by atoms with Gasteiger partial charge in [0.05, 0.1) is 19.3 Å². The van der Waals surface area contributed by atoms with Gasteiger partial charge >= 0.3 is 0 Å². The van der Waals surface area contributed by atoms with Crippen molar-refractivity contribution in [3.63, 3.8) is 0 Å². The Morgan fingerprint density at radius 3 is 2.76 bits per heavy atom. The standard InChI is InChI=1S/C21H23NO3/c1-5-24-17-8-6-7-14(20(17)23-4)13-9-10-16-19-15(13)12-25-18(19)11-21(2,3)22-16/h6-11,22H,5,12H2,1-4H3. The molecule has 0 unspecified atom stereocenters. The molecule has 1 N–H and O–H groups in total. The summed E-state index contributed by atoms with van der Waals surface area (Å²) in [5.74, 6) is 2.50. The molecule has 0 saturated carbocycles. The molecule has 2 heterocycles. The third kappa shape index (κ3) is 2.53. The topological polar surface area (TPSA) is 39.7 Å². The van der Waals surface area contributed by atoms with E-state index < -0.39 is 0 Å². The van der Waals surface area contributed by atoms with Crippen LogP contribution < -0.4 is 14.8 Å². The van der Waals surface area contributed by atoms with Crippen LogP contribution in [0.4, 0.5) is 5.69 Å². The highest BCUT2D eigenvalue weighted by atomic mass is 16.5. The normalized spacial score (nSPS) is 16.4. The van der Waals surface area contributed by atoms with E-state index in [1.807, 2.05) is 19.1 Å². The van der Waals surface area contributed by atoms with Crippen molar-refractivity contribution in [2.45, 2.75) is 32.9 Å². The molecule has 0 atom stereocenters. The van der Waals surface area contributed by atoms with Crippen molar-refractivity contribution in [1.29, 1.82) is 0 Å². The number of rotatable bonds is 4. The van der Waals surface area contributed by atoms with Crippen LogP contribution in [-0.2, 0) is 11.3 Å². The molecule has 130 valence electrons. The molecule has 2 aliphatic rings. The van der Waals surface area contributed by atoms with E-state index in [9.17, 15) is 0 Å². The molecule has 25 heavy (non-hydrogen) atoms. The second-order valence-corrected chi connectivity index (χ2v) is 6.93. The second-order valence-electron chi connectivity index (χ2n) is 6.93. The van der Waals surface area contributed by atoms with Crippen LogP contribution in [0.1, 0.15) is 31.9 Å². The molecule has 4 nitrogen and oxygen atoms in total. The van der Waals surface area contributed by atoms with Gasteiger partial charge in [0.1, 0.15) is 12.4 Å². The lowest BCUT2D eigenvalue weighted by Crippen LogP contribution is -2.31. The van der Waals surface area contributed by atoms with Gasteiger partial charge in [-0.05, 0) is 44.5 Å². The van der Waals surface area contributed by atoms with E-state index in [2.05, 4.69) is 43.4 Å². The third-order valence-corrected chi connectivity index (χ3v) is 4.65. The summed E-state index contributed by atoms with van der Waals surface area (Å²) in [6.45, 7) is 7.44. The molecule has 0 fully saturated rings. The summed E-state index contributed by atoms with van der Waals surface area (Å²) < 4.78 is 17.4. The van der Waals surface area contributed by atoms with Gasteiger partial charge in [0.25, 0.3) is 0 Å². The fourth-order valence-corrected chi connectivity index (χ4v) is 3.69. The summed E-state index contributed by atoms with van der Waals surface area (Å²) in [7, 11) is 1.69. The zero-order valence-corrected chi connectivity index (χ0v) is 15.1. The summed E-state index contributed by atoms with van der Waals surface area (Å²) in [4.78, 5) is 0. The molecule has 4 heteroatoms. The van der Waals surface area contributed by atoms with E-state index in [1.165, 1.54) is 11.1 Å². The van der Waals surface area contributed by atoms with Gasteiger partial charge in [0.15, 0.2) is 11.5 Å². The van der Waals surface area contributed by atoms with Crippen LogP contribution in [0.5, 0.6) is 11.5 Å². The predicted octanol–water partition coefficient (Wildman–Crippen LogP) is 4.84. The number of hydrogen-bond donors (Lipinski definition) is 1. The highest BCUT2D eigenvalue weighted by molar-refractivity contribution is 5.89. The Morgan fingerprint density at radius 2 is 2.00 bits per heavy atom. The molecule has 0 bridgehead atoms. The van der Waals surface area contributed by atoms with E-state index >= 15 is 0 Å². The molecule has 0 aromatic heterocycles. The number of benzene rings is 2. The van der Waals surface area contributed by atoms with Crippen molar-refractivity contribution in [2.24, 2.45) is 0 Å². The minimum absolute atomic E-state index is 0.113. The second kappa shape index (κ2) is 5.73. The Morgan fingerprint density at radius 1 is 1.16 bits per heavy atom. The molecule has 2 aliphatic heterocycles. The molecule has 0 saturated heterocycles. The molecule has 2 aromatic rings. The molecule has 0 amide bonds. The van der Waals surface area contributed by atoms with Crippen LogP contribution in [0.2, 0.25) is 0 Å². The minimum atomic E-state index is -0.113. The quantitative estimate of drug-likeness (QED) is 0.867. The van der Waals surface area contributed by atoms with Crippen LogP contribution >= 0.6 is 0 Å². The van der Waals surface area contributed by atoms with Crippen LogP contribution in [-0.4, -0.2) is 19.3 Å². The summed E-state index contributed by atoms with van der Waals surface area (Å²) in [6, 6.07) is 10.3. The molecule has 0 spiro atoms. The Hall–Kier alpha value is -2.62.